The van der Waals surface area contributed by atoms with E-state index in [2.05, 4.69) is 25.7 Å². The van der Waals surface area contributed by atoms with Crippen molar-refractivity contribution in [2.45, 2.75) is 150 Å². The number of methoxy groups -OCH3 is 2. The van der Waals surface area contributed by atoms with E-state index in [4.69, 9.17) is 14.2 Å². The maximum Gasteiger partial charge on any atom is 0.422 e. The molecular weight excluding hydrogens is 779 g/mol. The highest BCUT2D eigenvalue weighted by Crippen LogP contribution is 2.35. The Morgan fingerprint density at radius 3 is 1.88 bits per heavy atom. The van der Waals surface area contributed by atoms with E-state index in [0.717, 1.165) is 7.11 Å². The molecule has 2 aromatic rings. The second-order valence-electron chi connectivity index (χ2n) is 17.3. The molecule has 4 amide bonds. The molecule has 3 N–H and O–H groups in total. The number of halogens is 3. The lowest BCUT2D eigenvalue weighted by Gasteiger charge is -2.41. The number of carbonyl (C=O) groups excluding carboxylic acids is 5. The molecule has 1 heterocycles. The van der Waals surface area contributed by atoms with Crippen LogP contribution in [-0.4, -0.2) is 105 Å². The summed E-state index contributed by atoms with van der Waals surface area (Å²) in [7, 11) is 2.27. The summed E-state index contributed by atoms with van der Waals surface area (Å²) in [5.41, 5.74) is -6.82. The number of benzene rings is 1. The summed E-state index contributed by atoms with van der Waals surface area (Å²) < 4.78 is 65.5. The largest absolute Gasteiger partial charge is 0.497 e. The summed E-state index contributed by atoms with van der Waals surface area (Å²) in [4.78, 5) is 68.6. The number of ether oxygens (including phenoxy) is 4. The van der Waals surface area contributed by atoms with Crippen molar-refractivity contribution in [2.75, 3.05) is 14.2 Å². The number of esters is 1. The number of nitrogens with zero attached hydrogens (tertiary/aromatic N) is 4. The second-order valence-corrected chi connectivity index (χ2v) is 17.3. The molecule has 16 nitrogen and oxygen atoms in total. The van der Waals surface area contributed by atoms with Crippen LogP contribution < -0.4 is 20.7 Å². The van der Waals surface area contributed by atoms with Gasteiger partial charge in [-0.3, -0.25) is 19.6 Å². The smallest absolute Gasteiger partial charge is 0.422 e. The van der Waals surface area contributed by atoms with E-state index < -0.39 is 82.8 Å². The average molecular weight is 842 g/mol. The number of nitrogens with one attached hydrogen (secondary N) is 3. The lowest BCUT2D eigenvalue weighted by Crippen LogP contribution is -2.66. The van der Waals surface area contributed by atoms with Crippen molar-refractivity contribution in [3.05, 3.63) is 41.7 Å². The molecule has 2 rings (SSSR count). The zero-order valence-electron chi connectivity index (χ0n) is 36.6. The lowest BCUT2D eigenvalue weighted by atomic mass is 9.92. The molecule has 0 saturated heterocycles. The fourth-order valence-electron chi connectivity index (χ4n) is 5.79. The number of alkyl halides is 3. The Morgan fingerprint density at radius 1 is 0.847 bits per heavy atom. The Hall–Kier alpha value is -5.10. The molecule has 0 spiro atoms. The Bertz CT molecular complexity index is 1750. The van der Waals surface area contributed by atoms with Gasteiger partial charge in [0.2, 0.25) is 17.4 Å². The number of amides is 4. The molecule has 1 unspecified atom stereocenters. The van der Waals surface area contributed by atoms with Crippen molar-refractivity contribution in [1.29, 1.82) is 0 Å². The molecule has 332 valence electrons. The highest BCUT2D eigenvalue weighted by atomic mass is 19.4. The molecule has 59 heavy (non-hydrogen) atoms. The first-order chi connectivity index (χ1) is 27.0. The topological polar surface area (TPSA) is 192 Å². The van der Waals surface area contributed by atoms with Crippen LogP contribution in [0.4, 0.5) is 22.8 Å². The zero-order chi connectivity index (χ0) is 45.3. The third-order valence-electron chi connectivity index (χ3n) is 9.40. The van der Waals surface area contributed by atoms with Crippen LogP contribution in [0.5, 0.6) is 5.75 Å². The molecule has 0 radical (unpaired) electrons. The molecule has 0 fully saturated rings. The molecule has 0 aliphatic heterocycles. The van der Waals surface area contributed by atoms with Crippen molar-refractivity contribution in [1.82, 2.24) is 35.8 Å². The SMILES string of the molecule is CC[C@H](C)[C@@H](Cn1cc(CC(NC(=O)OC(C)(C)C)(C(=O)OC)C(F)(F)F)nn1)NC(=O)C(C)(C)N(Cc1ccc(OC)cc1)C(=O)[C@@H](NC(=O)OC(C)(C)C)C(C)C. The maximum absolute atomic E-state index is 14.7. The van der Waals surface area contributed by atoms with Crippen LogP contribution in [0.15, 0.2) is 30.5 Å². The van der Waals surface area contributed by atoms with Crippen LogP contribution in [-0.2, 0) is 48.1 Å². The molecule has 0 aliphatic rings. The van der Waals surface area contributed by atoms with E-state index in [1.54, 1.807) is 78.0 Å². The van der Waals surface area contributed by atoms with Gasteiger partial charge in [-0.15, -0.1) is 5.10 Å². The third kappa shape index (κ3) is 14.0. The Morgan fingerprint density at radius 2 is 1.41 bits per heavy atom. The van der Waals surface area contributed by atoms with Gasteiger partial charge in [-0.1, -0.05) is 51.5 Å². The van der Waals surface area contributed by atoms with Crippen molar-refractivity contribution in [3.8, 4) is 5.75 Å². The van der Waals surface area contributed by atoms with Crippen molar-refractivity contribution < 1.29 is 56.1 Å². The van der Waals surface area contributed by atoms with Crippen molar-refractivity contribution >= 4 is 30.0 Å². The lowest BCUT2D eigenvalue weighted by molar-refractivity contribution is -0.211. The van der Waals surface area contributed by atoms with E-state index in [9.17, 15) is 37.1 Å². The van der Waals surface area contributed by atoms with Crippen LogP contribution >= 0.6 is 0 Å². The number of aromatic nitrogens is 3. The second kappa shape index (κ2) is 19.8. The Labute approximate surface area is 344 Å². The summed E-state index contributed by atoms with van der Waals surface area (Å²) in [5.74, 6) is -3.00. The van der Waals surface area contributed by atoms with E-state index in [1.165, 1.54) is 43.7 Å². The fraction of sp³-hybridized carbons (Fsp3) is 0.675. The van der Waals surface area contributed by atoms with Gasteiger partial charge in [-0.25, -0.2) is 14.4 Å². The van der Waals surface area contributed by atoms with E-state index >= 15 is 0 Å². The molecule has 1 aromatic carbocycles. The normalized spacial score (nSPS) is 14.9. The van der Waals surface area contributed by atoms with Gasteiger partial charge in [-0.05, 0) is 84.9 Å². The molecule has 0 saturated carbocycles. The average Bonchev–Trinajstić information content (AvgIpc) is 3.55. The van der Waals surface area contributed by atoms with Gasteiger partial charge in [0.05, 0.1) is 32.5 Å². The monoisotopic (exact) mass is 841 g/mol. The van der Waals surface area contributed by atoms with Gasteiger partial charge in [0.25, 0.3) is 0 Å². The number of hydrogen-bond donors (Lipinski definition) is 3. The first-order valence-electron chi connectivity index (χ1n) is 19.3. The summed E-state index contributed by atoms with van der Waals surface area (Å²) in [6.45, 7) is 19.7. The maximum atomic E-state index is 14.7. The molecular formula is C40H62F3N7O9. The predicted octanol–water partition coefficient (Wildman–Crippen LogP) is 5.72. The van der Waals surface area contributed by atoms with Crippen LogP contribution in [0, 0.1) is 11.8 Å². The van der Waals surface area contributed by atoms with Gasteiger partial charge in [-0.2, -0.15) is 13.2 Å². The first kappa shape index (κ1) is 50.0. The van der Waals surface area contributed by atoms with Crippen molar-refractivity contribution in [3.63, 3.8) is 0 Å². The Balaban J connectivity index is 2.52. The summed E-state index contributed by atoms with van der Waals surface area (Å²) >= 11 is 0. The minimum Gasteiger partial charge on any atom is -0.497 e. The Kier molecular flexibility index (Phi) is 16.8. The zero-order valence-corrected chi connectivity index (χ0v) is 36.6. The number of rotatable bonds is 17. The minimum absolute atomic E-state index is 0.0403. The number of alkyl carbamates (subject to hydrolysis) is 2. The van der Waals surface area contributed by atoms with Gasteiger partial charge < -0.3 is 34.5 Å². The highest BCUT2D eigenvalue weighted by molar-refractivity contribution is 5.94. The summed E-state index contributed by atoms with van der Waals surface area (Å²) in [6, 6.07) is 5.14. The molecule has 0 aliphatic carbocycles. The predicted molar refractivity (Wildman–Crippen MR) is 211 cm³/mol. The molecule has 1 aromatic heterocycles. The highest BCUT2D eigenvalue weighted by Gasteiger charge is 2.63. The number of carbonyl (C=O) groups is 5. The van der Waals surface area contributed by atoms with Gasteiger partial charge in [0.15, 0.2) is 0 Å². The third-order valence-corrected chi connectivity index (χ3v) is 9.40. The fourth-order valence-corrected chi connectivity index (χ4v) is 5.79. The van der Waals surface area contributed by atoms with Crippen LogP contribution in [0.2, 0.25) is 0 Å². The van der Waals surface area contributed by atoms with Gasteiger partial charge in [0, 0.05) is 19.2 Å². The minimum atomic E-state index is -5.36. The summed E-state index contributed by atoms with van der Waals surface area (Å²) in [5, 5.41) is 15.2. The number of hydrogen-bond acceptors (Lipinski definition) is 11. The molecule has 0 bridgehead atoms. The van der Waals surface area contributed by atoms with Gasteiger partial charge >= 0.3 is 24.3 Å². The van der Waals surface area contributed by atoms with E-state index in [0.29, 0.717) is 17.7 Å². The van der Waals surface area contributed by atoms with Crippen molar-refractivity contribution in [2.24, 2.45) is 11.8 Å². The van der Waals surface area contributed by atoms with Gasteiger partial charge in [0.1, 0.15) is 28.5 Å². The van der Waals surface area contributed by atoms with Crippen LogP contribution in [0.3, 0.4) is 0 Å². The first-order valence-corrected chi connectivity index (χ1v) is 19.3. The molecule has 19 heteroatoms. The van der Waals surface area contributed by atoms with Crippen LogP contribution in [0.1, 0.15) is 101 Å². The van der Waals surface area contributed by atoms with Crippen LogP contribution in [0.25, 0.3) is 0 Å². The molecule has 4 atom stereocenters. The van der Waals surface area contributed by atoms with E-state index in [1.807, 2.05) is 13.8 Å². The summed E-state index contributed by atoms with van der Waals surface area (Å²) in [6.07, 6.45) is -7.13. The standard InChI is InChI=1S/C40H62F3N7O9/c1-15-25(4)29(23-49-22-27(47-48-49)20-39(33(53)57-14,40(41,42)43)46-35(55)59-37(8,9)10)44-32(52)38(11,12)50(21-26-16-18-28(56-13)19-17-26)31(51)30(24(2)3)45-34(54)58-36(5,6)7/h16-19,22,24-25,29-30H,15,20-21,23H2,1-14H3,(H,44,52)(H,45,54)(H,46,55)/t25-,29+,30-,39?/m0/s1. The van der Waals surface area contributed by atoms with E-state index in [-0.39, 0.29) is 24.7 Å². The quantitative estimate of drug-likeness (QED) is 0.131.